The van der Waals surface area contributed by atoms with Crippen molar-refractivity contribution in [1.82, 2.24) is 4.90 Å². The number of hydrogen-bond acceptors (Lipinski definition) is 2. The number of carbonyl (C=O) groups excluding carboxylic acids is 1. The number of ether oxygens (including phenoxy) is 1. The fraction of sp³-hybridized carbons (Fsp3) is 0.588. The van der Waals surface area contributed by atoms with E-state index >= 15 is 0 Å². The lowest BCUT2D eigenvalue weighted by atomic mass is 9.82. The molecular formula is C17H22ClF2NO2. The Hall–Kier alpha value is -1.20. The highest BCUT2D eigenvalue weighted by Gasteiger charge is 2.32. The average molecular weight is 346 g/mol. The first-order valence-electron chi connectivity index (χ1n) is 7.69. The number of halogens is 3. The summed E-state index contributed by atoms with van der Waals surface area (Å²) in [6, 6.07) is 7.53. The molecule has 3 nitrogen and oxygen atoms in total. The molecule has 23 heavy (non-hydrogen) atoms. The standard InChI is InChI=1S/C17H22ClF2NO2/c1-17(2,9-12-3-5-13(18)6-4-12)10-15(22)21-7-8-23-14(11-21)16(19)20/h3-6,14,16H,7-11H2,1-2H3. The Labute approximate surface area is 140 Å². The lowest BCUT2D eigenvalue weighted by molar-refractivity contribution is -0.148. The van der Waals surface area contributed by atoms with Crippen molar-refractivity contribution in [2.45, 2.75) is 39.2 Å². The summed E-state index contributed by atoms with van der Waals surface area (Å²) < 4.78 is 30.5. The van der Waals surface area contributed by atoms with Crippen LogP contribution < -0.4 is 0 Å². The van der Waals surface area contributed by atoms with E-state index in [9.17, 15) is 13.6 Å². The average Bonchev–Trinajstić information content (AvgIpc) is 2.49. The van der Waals surface area contributed by atoms with Crippen LogP contribution in [-0.4, -0.2) is 43.0 Å². The number of nitrogens with zero attached hydrogens (tertiary/aromatic N) is 1. The molecule has 1 aliphatic rings. The minimum absolute atomic E-state index is 0.0342. The van der Waals surface area contributed by atoms with Crippen LogP contribution in [0.5, 0.6) is 0 Å². The molecule has 1 aromatic carbocycles. The lowest BCUT2D eigenvalue weighted by Crippen LogP contribution is -2.49. The quantitative estimate of drug-likeness (QED) is 0.812. The summed E-state index contributed by atoms with van der Waals surface area (Å²) in [6.07, 6.45) is -2.70. The van der Waals surface area contributed by atoms with Crippen LogP contribution in [0.2, 0.25) is 5.02 Å². The molecule has 1 unspecified atom stereocenters. The molecule has 1 saturated heterocycles. The maximum atomic E-state index is 12.7. The number of carbonyl (C=O) groups is 1. The fourth-order valence-corrected chi connectivity index (χ4v) is 2.92. The Morgan fingerprint density at radius 3 is 2.65 bits per heavy atom. The van der Waals surface area contributed by atoms with Gasteiger partial charge < -0.3 is 9.64 Å². The molecule has 1 atom stereocenters. The van der Waals surface area contributed by atoms with Crippen LogP contribution in [0, 0.1) is 5.41 Å². The van der Waals surface area contributed by atoms with Gasteiger partial charge in [0.2, 0.25) is 5.91 Å². The van der Waals surface area contributed by atoms with Gasteiger partial charge in [-0.05, 0) is 29.5 Å². The summed E-state index contributed by atoms with van der Waals surface area (Å²) in [4.78, 5) is 13.9. The second-order valence-corrected chi connectivity index (χ2v) is 7.16. The zero-order valence-corrected chi connectivity index (χ0v) is 14.2. The number of amides is 1. The minimum atomic E-state index is -2.56. The van der Waals surface area contributed by atoms with Gasteiger partial charge in [-0.2, -0.15) is 0 Å². The fourth-order valence-electron chi connectivity index (χ4n) is 2.79. The van der Waals surface area contributed by atoms with E-state index in [1.165, 1.54) is 4.90 Å². The van der Waals surface area contributed by atoms with Gasteiger partial charge >= 0.3 is 0 Å². The van der Waals surface area contributed by atoms with Gasteiger partial charge in [-0.15, -0.1) is 0 Å². The third kappa shape index (κ3) is 5.43. The van der Waals surface area contributed by atoms with Crippen molar-refractivity contribution < 1.29 is 18.3 Å². The van der Waals surface area contributed by atoms with Crippen LogP contribution in [0.15, 0.2) is 24.3 Å². The smallest absolute Gasteiger partial charge is 0.266 e. The third-order valence-corrected chi connectivity index (χ3v) is 4.20. The van der Waals surface area contributed by atoms with Gasteiger partial charge in [-0.25, -0.2) is 8.78 Å². The summed E-state index contributed by atoms with van der Waals surface area (Å²) in [5, 5.41) is 0.675. The van der Waals surface area contributed by atoms with E-state index in [1.807, 2.05) is 38.1 Å². The van der Waals surface area contributed by atoms with Gasteiger partial charge in [-0.3, -0.25) is 4.79 Å². The molecular weight excluding hydrogens is 324 g/mol. The van der Waals surface area contributed by atoms with Crippen molar-refractivity contribution in [3.8, 4) is 0 Å². The van der Waals surface area contributed by atoms with Gasteiger partial charge in [0.15, 0.2) is 0 Å². The SMILES string of the molecule is CC(C)(CC(=O)N1CCOC(C(F)F)C1)Cc1ccc(Cl)cc1. The Balaban J connectivity index is 1.93. The Morgan fingerprint density at radius 1 is 1.39 bits per heavy atom. The van der Waals surface area contributed by atoms with E-state index in [0.717, 1.165) is 12.0 Å². The largest absolute Gasteiger partial charge is 0.369 e. The van der Waals surface area contributed by atoms with Crippen molar-refractivity contribution >= 4 is 17.5 Å². The number of alkyl halides is 2. The van der Waals surface area contributed by atoms with E-state index in [0.29, 0.717) is 18.0 Å². The van der Waals surface area contributed by atoms with Crippen molar-refractivity contribution in [2.75, 3.05) is 19.7 Å². The number of hydrogen-bond donors (Lipinski definition) is 0. The van der Waals surface area contributed by atoms with Crippen LogP contribution in [0.1, 0.15) is 25.8 Å². The Morgan fingerprint density at radius 2 is 2.04 bits per heavy atom. The molecule has 0 saturated carbocycles. The zero-order valence-electron chi connectivity index (χ0n) is 13.4. The molecule has 0 N–H and O–H groups in total. The van der Waals surface area contributed by atoms with Crippen molar-refractivity contribution in [1.29, 1.82) is 0 Å². The van der Waals surface area contributed by atoms with Crippen LogP contribution >= 0.6 is 11.6 Å². The van der Waals surface area contributed by atoms with Crippen LogP contribution in [0.4, 0.5) is 8.78 Å². The van der Waals surface area contributed by atoms with Gasteiger partial charge in [0.25, 0.3) is 6.43 Å². The Bertz CT molecular complexity index is 534. The van der Waals surface area contributed by atoms with Crippen LogP contribution in [0.3, 0.4) is 0 Å². The van der Waals surface area contributed by atoms with Gasteiger partial charge in [0.05, 0.1) is 13.2 Å². The lowest BCUT2D eigenvalue weighted by Gasteiger charge is -2.35. The van der Waals surface area contributed by atoms with E-state index in [-0.39, 0.29) is 24.5 Å². The van der Waals surface area contributed by atoms with Crippen LogP contribution in [0.25, 0.3) is 0 Å². The molecule has 1 aliphatic heterocycles. The number of benzene rings is 1. The maximum absolute atomic E-state index is 12.7. The molecule has 2 rings (SSSR count). The highest BCUT2D eigenvalue weighted by Crippen LogP contribution is 2.28. The topological polar surface area (TPSA) is 29.5 Å². The summed E-state index contributed by atoms with van der Waals surface area (Å²) in [5.41, 5.74) is 0.837. The summed E-state index contributed by atoms with van der Waals surface area (Å²) >= 11 is 5.87. The molecule has 0 radical (unpaired) electrons. The van der Waals surface area contributed by atoms with E-state index in [2.05, 4.69) is 0 Å². The monoisotopic (exact) mass is 345 g/mol. The molecule has 1 fully saturated rings. The first-order valence-corrected chi connectivity index (χ1v) is 8.07. The molecule has 0 bridgehead atoms. The second-order valence-electron chi connectivity index (χ2n) is 6.73. The molecule has 0 spiro atoms. The first-order chi connectivity index (χ1) is 10.8. The number of rotatable bonds is 5. The van der Waals surface area contributed by atoms with E-state index < -0.39 is 12.5 Å². The summed E-state index contributed by atoms with van der Waals surface area (Å²) in [7, 11) is 0. The second kappa shape index (κ2) is 7.58. The molecule has 1 heterocycles. The first kappa shape index (κ1) is 18.1. The number of morpholine rings is 1. The van der Waals surface area contributed by atoms with Crippen molar-refractivity contribution in [3.05, 3.63) is 34.9 Å². The Kier molecular flexibility index (Phi) is 5.98. The normalized spacial score (nSPS) is 19.2. The molecule has 128 valence electrons. The third-order valence-electron chi connectivity index (χ3n) is 3.95. The maximum Gasteiger partial charge on any atom is 0.266 e. The van der Waals surface area contributed by atoms with E-state index in [1.54, 1.807) is 0 Å². The van der Waals surface area contributed by atoms with Gasteiger partial charge in [-0.1, -0.05) is 37.6 Å². The van der Waals surface area contributed by atoms with Gasteiger partial charge in [0, 0.05) is 18.0 Å². The van der Waals surface area contributed by atoms with Crippen LogP contribution in [-0.2, 0) is 16.0 Å². The summed E-state index contributed by atoms with van der Waals surface area (Å²) in [6.45, 7) is 4.51. The van der Waals surface area contributed by atoms with Gasteiger partial charge in [0.1, 0.15) is 6.10 Å². The highest BCUT2D eigenvalue weighted by atomic mass is 35.5. The van der Waals surface area contributed by atoms with Crippen molar-refractivity contribution in [2.24, 2.45) is 5.41 Å². The predicted octanol–water partition coefficient (Wildman–Crippen LogP) is 3.79. The predicted molar refractivity (Wildman–Crippen MR) is 85.9 cm³/mol. The molecule has 0 aromatic heterocycles. The van der Waals surface area contributed by atoms with Crippen molar-refractivity contribution in [3.63, 3.8) is 0 Å². The molecule has 0 aliphatic carbocycles. The highest BCUT2D eigenvalue weighted by molar-refractivity contribution is 6.30. The zero-order chi connectivity index (χ0) is 17.0. The molecule has 6 heteroatoms. The minimum Gasteiger partial charge on any atom is -0.369 e. The van der Waals surface area contributed by atoms with E-state index in [4.69, 9.17) is 16.3 Å². The molecule has 1 aromatic rings. The summed E-state index contributed by atoms with van der Waals surface area (Å²) in [5.74, 6) is -0.0992. The molecule has 1 amide bonds.